The number of halogens is 1. The van der Waals surface area contributed by atoms with Crippen molar-refractivity contribution < 1.29 is 4.79 Å². The predicted octanol–water partition coefficient (Wildman–Crippen LogP) is 3.16. The number of nitrogens with zero attached hydrogens (tertiary/aromatic N) is 3. The molecule has 0 radical (unpaired) electrons. The summed E-state index contributed by atoms with van der Waals surface area (Å²) in [7, 11) is 0. The highest BCUT2D eigenvalue weighted by molar-refractivity contribution is 6.32. The van der Waals surface area contributed by atoms with E-state index >= 15 is 0 Å². The van der Waals surface area contributed by atoms with Crippen molar-refractivity contribution >= 4 is 23.2 Å². The molecule has 0 atom stereocenters. The molecule has 0 spiro atoms. The molecule has 0 unspecified atom stereocenters. The van der Waals surface area contributed by atoms with E-state index in [9.17, 15) is 4.79 Å². The van der Waals surface area contributed by atoms with Gasteiger partial charge < -0.3 is 0 Å². The summed E-state index contributed by atoms with van der Waals surface area (Å²) in [6.07, 6.45) is 3.51. The number of amides is 1. The Hall–Kier alpha value is -1.81. The summed E-state index contributed by atoms with van der Waals surface area (Å²) in [5.74, 6) is -0.0430. The van der Waals surface area contributed by atoms with Gasteiger partial charge in [-0.2, -0.15) is 5.10 Å². The van der Waals surface area contributed by atoms with Gasteiger partial charge in [0.05, 0.1) is 0 Å². The highest BCUT2D eigenvalue weighted by atomic mass is 35.5. The molecule has 0 aliphatic carbocycles. The lowest BCUT2D eigenvalue weighted by Crippen LogP contribution is -2.31. The number of hydrogen-bond acceptors (Lipinski definition) is 2. The lowest BCUT2D eigenvalue weighted by molar-refractivity contribution is -0.117. The van der Waals surface area contributed by atoms with Crippen molar-refractivity contribution in [1.29, 1.82) is 0 Å². The fourth-order valence-electron chi connectivity index (χ4n) is 1.98. The second kappa shape index (κ2) is 5.45. The summed E-state index contributed by atoms with van der Waals surface area (Å²) in [4.78, 5) is 13.5. The average Bonchev–Trinajstić information content (AvgIpc) is 2.87. The molecule has 2 aromatic rings. The van der Waals surface area contributed by atoms with Crippen LogP contribution in [0.4, 0.5) is 5.69 Å². The molecular formula is C14H16ClN3O. The Morgan fingerprint density at radius 3 is 2.74 bits per heavy atom. The van der Waals surface area contributed by atoms with Crippen LogP contribution in [-0.2, 0) is 11.5 Å². The van der Waals surface area contributed by atoms with Crippen molar-refractivity contribution in [3.05, 3.63) is 46.7 Å². The van der Waals surface area contributed by atoms with E-state index in [-0.39, 0.29) is 5.91 Å². The van der Waals surface area contributed by atoms with Gasteiger partial charge in [0, 0.05) is 30.0 Å². The normalized spacial score (nSPS) is 10.5. The Morgan fingerprint density at radius 2 is 2.16 bits per heavy atom. The van der Waals surface area contributed by atoms with Crippen LogP contribution in [0, 0.1) is 13.8 Å². The van der Waals surface area contributed by atoms with E-state index in [1.165, 1.54) is 6.92 Å². The van der Waals surface area contributed by atoms with E-state index < -0.39 is 0 Å². The van der Waals surface area contributed by atoms with Crippen molar-refractivity contribution in [3.8, 4) is 0 Å². The zero-order chi connectivity index (χ0) is 14.0. The summed E-state index contributed by atoms with van der Waals surface area (Å²) in [6, 6.07) is 5.67. The maximum Gasteiger partial charge on any atom is 0.225 e. The minimum Gasteiger partial charge on any atom is -0.292 e. The first-order chi connectivity index (χ1) is 9.00. The predicted molar refractivity (Wildman–Crippen MR) is 76.3 cm³/mol. The van der Waals surface area contributed by atoms with Crippen LogP contribution >= 0.6 is 11.6 Å². The second-order valence-corrected chi connectivity index (χ2v) is 4.85. The summed E-state index contributed by atoms with van der Waals surface area (Å²) in [5, 5.41) is 4.82. The average molecular weight is 278 g/mol. The molecule has 2 rings (SSSR count). The van der Waals surface area contributed by atoms with Crippen molar-refractivity contribution in [3.63, 3.8) is 0 Å². The molecule has 19 heavy (non-hydrogen) atoms. The Morgan fingerprint density at radius 1 is 1.42 bits per heavy atom. The van der Waals surface area contributed by atoms with Gasteiger partial charge in [-0.1, -0.05) is 17.7 Å². The van der Waals surface area contributed by atoms with Gasteiger partial charge >= 0.3 is 0 Å². The van der Waals surface area contributed by atoms with Gasteiger partial charge in [-0.3, -0.25) is 14.4 Å². The number of aryl methyl sites for hydroxylation is 1. The van der Waals surface area contributed by atoms with Crippen LogP contribution in [0.25, 0.3) is 0 Å². The van der Waals surface area contributed by atoms with E-state index in [1.54, 1.807) is 15.8 Å². The molecule has 0 bridgehead atoms. The molecule has 0 saturated carbocycles. The third kappa shape index (κ3) is 2.79. The van der Waals surface area contributed by atoms with Crippen molar-refractivity contribution in [2.45, 2.75) is 27.4 Å². The fourth-order valence-corrected chi connectivity index (χ4v) is 2.14. The Bertz CT molecular complexity index is 593. The van der Waals surface area contributed by atoms with Gasteiger partial charge in [-0.05, 0) is 37.1 Å². The molecule has 100 valence electrons. The zero-order valence-corrected chi connectivity index (χ0v) is 12.0. The van der Waals surface area contributed by atoms with Crippen LogP contribution in [0.5, 0.6) is 0 Å². The summed E-state index contributed by atoms with van der Waals surface area (Å²) in [5.41, 5.74) is 2.73. The standard InChI is InChI=1S/C14H16ClN3O/c1-10-5-6-13(11(2)14(10)15)18(12(3)19)9-17-8-4-7-16-17/h4-8H,9H2,1-3H3. The second-order valence-electron chi connectivity index (χ2n) is 4.47. The SMILES string of the molecule is CC(=O)N(Cn1cccn1)c1ccc(C)c(Cl)c1C. The smallest absolute Gasteiger partial charge is 0.225 e. The number of aromatic nitrogens is 2. The number of hydrogen-bond donors (Lipinski definition) is 0. The third-order valence-corrected chi connectivity index (χ3v) is 3.65. The van der Waals surface area contributed by atoms with Crippen LogP contribution in [0.2, 0.25) is 5.02 Å². The zero-order valence-electron chi connectivity index (χ0n) is 11.2. The Kier molecular flexibility index (Phi) is 3.90. The minimum atomic E-state index is -0.0430. The lowest BCUT2D eigenvalue weighted by Gasteiger charge is -2.24. The molecule has 1 amide bonds. The van der Waals surface area contributed by atoms with Gasteiger partial charge in [0.2, 0.25) is 5.91 Å². The van der Waals surface area contributed by atoms with Crippen LogP contribution < -0.4 is 4.90 Å². The maximum absolute atomic E-state index is 11.9. The van der Waals surface area contributed by atoms with E-state index in [0.29, 0.717) is 11.7 Å². The highest BCUT2D eigenvalue weighted by Crippen LogP contribution is 2.30. The Labute approximate surface area is 117 Å². The van der Waals surface area contributed by atoms with Crippen molar-refractivity contribution in [1.82, 2.24) is 9.78 Å². The van der Waals surface area contributed by atoms with Gasteiger partial charge in [0.25, 0.3) is 0 Å². The number of carbonyl (C=O) groups is 1. The number of carbonyl (C=O) groups excluding carboxylic acids is 1. The van der Waals surface area contributed by atoms with Crippen LogP contribution in [0.15, 0.2) is 30.6 Å². The van der Waals surface area contributed by atoms with Gasteiger partial charge in [0.1, 0.15) is 6.67 Å². The summed E-state index contributed by atoms with van der Waals surface area (Å²) in [6.45, 7) is 5.79. The molecule has 4 nitrogen and oxygen atoms in total. The topological polar surface area (TPSA) is 38.1 Å². The van der Waals surface area contributed by atoms with Crippen molar-refractivity contribution in [2.24, 2.45) is 0 Å². The molecule has 0 N–H and O–H groups in total. The fraction of sp³-hybridized carbons (Fsp3) is 0.286. The first-order valence-electron chi connectivity index (χ1n) is 6.02. The largest absolute Gasteiger partial charge is 0.292 e. The first kappa shape index (κ1) is 13.6. The molecule has 5 heteroatoms. The molecule has 0 aliphatic heterocycles. The summed E-state index contributed by atoms with van der Waals surface area (Å²) < 4.78 is 1.70. The molecular weight excluding hydrogens is 262 g/mol. The van der Waals surface area contributed by atoms with Gasteiger partial charge in [-0.15, -0.1) is 0 Å². The van der Waals surface area contributed by atoms with Crippen molar-refractivity contribution in [2.75, 3.05) is 4.90 Å². The molecule has 1 heterocycles. The molecule has 0 aliphatic rings. The third-order valence-electron chi connectivity index (χ3n) is 3.07. The van der Waals surface area contributed by atoms with E-state index in [4.69, 9.17) is 11.6 Å². The molecule has 1 aromatic heterocycles. The van der Waals surface area contributed by atoms with E-state index in [0.717, 1.165) is 16.8 Å². The van der Waals surface area contributed by atoms with Crippen LogP contribution in [0.1, 0.15) is 18.1 Å². The van der Waals surface area contributed by atoms with E-state index in [1.807, 2.05) is 38.2 Å². The molecule has 1 aromatic carbocycles. The lowest BCUT2D eigenvalue weighted by atomic mass is 10.1. The molecule has 0 saturated heterocycles. The van der Waals surface area contributed by atoms with Crippen LogP contribution in [-0.4, -0.2) is 15.7 Å². The monoisotopic (exact) mass is 277 g/mol. The summed E-state index contributed by atoms with van der Waals surface area (Å²) >= 11 is 6.25. The number of benzene rings is 1. The molecule has 0 fully saturated rings. The first-order valence-corrected chi connectivity index (χ1v) is 6.39. The Balaban J connectivity index is 2.40. The quantitative estimate of drug-likeness (QED) is 0.864. The van der Waals surface area contributed by atoms with Crippen LogP contribution in [0.3, 0.4) is 0 Å². The maximum atomic E-state index is 11.9. The van der Waals surface area contributed by atoms with Gasteiger partial charge in [0.15, 0.2) is 0 Å². The van der Waals surface area contributed by atoms with Gasteiger partial charge in [-0.25, -0.2) is 0 Å². The number of rotatable bonds is 3. The van der Waals surface area contributed by atoms with E-state index in [2.05, 4.69) is 5.10 Å². The highest BCUT2D eigenvalue weighted by Gasteiger charge is 2.16. The number of anilines is 1. The minimum absolute atomic E-state index is 0.0430.